The number of piperidine rings is 1. The molecule has 2 aliphatic rings. The average molecular weight is 337 g/mol. The molecule has 0 aliphatic carbocycles. The van der Waals surface area contributed by atoms with Gasteiger partial charge < -0.3 is 10.6 Å². The highest BCUT2D eigenvalue weighted by Crippen LogP contribution is 2.29. The van der Waals surface area contributed by atoms with E-state index < -0.39 is 0 Å². The Morgan fingerprint density at radius 3 is 3.17 bits per heavy atom. The first-order chi connectivity index (χ1) is 11.2. The van der Waals surface area contributed by atoms with Crippen molar-refractivity contribution in [2.24, 2.45) is 11.8 Å². The number of anilines is 1. The third-order valence-corrected chi connectivity index (χ3v) is 6.15. The Kier molecular flexibility index (Phi) is 5.67. The van der Waals surface area contributed by atoms with Crippen LogP contribution in [0.4, 0.5) is 5.13 Å². The summed E-state index contributed by atoms with van der Waals surface area (Å²) < 4.78 is 0. The molecule has 2 atom stereocenters. The van der Waals surface area contributed by atoms with Crippen LogP contribution < -0.4 is 10.6 Å². The molecule has 2 N–H and O–H groups in total. The number of thiazole rings is 1. The standard InChI is InChI=1S/C17H28N4OS/c1-3-21-8-6-14-15(11-21)23-17(19-14)20-16(22)9-12(2)13-5-4-7-18-10-13/h12-13,18H,3-11H2,1-2H3,(H,19,20,22). The molecule has 128 valence electrons. The van der Waals surface area contributed by atoms with Gasteiger partial charge in [0.15, 0.2) is 5.13 Å². The van der Waals surface area contributed by atoms with Crippen LogP contribution in [0.3, 0.4) is 0 Å². The predicted molar refractivity (Wildman–Crippen MR) is 94.8 cm³/mol. The summed E-state index contributed by atoms with van der Waals surface area (Å²) in [5, 5.41) is 7.25. The van der Waals surface area contributed by atoms with Gasteiger partial charge in [-0.15, -0.1) is 11.3 Å². The van der Waals surface area contributed by atoms with Gasteiger partial charge in [-0.3, -0.25) is 9.69 Å². The van der Waals surface area contributed by atoms with E-state index in [4.69, 9.17) is 0 Å². The van der Waals surface area contributed by atoms with Gasteiger partial charge >= 0.3 is 0 Å². The Bertz CT molecular complexity index is 539. The van der Waals surface area contributed by atoms with Crippen molar-refractivity contribution in [3.63, 3.8) is 0 Å². The lowest BCUT2D eigenvalue weighted by Crippen LogP contribution is -2.34. The van der Waals surface area contributed by atoms with E-state index >= 15 is 0 Å². The molecule has 1 aromatic heterocycles. The highest BCUT2D eigenvalue weighted by Gasteiger charge is 2.24. The van der Waals surface area contributed by atoms with Crippen molar-refractivity contribution in [2.45, 2.75) is 46.1 Å². The molecule has 0 bridgehead atoms. The van der Waals surface area contributed by atoms with Crippen LogP contribution in [0, 0.1) is 11.8 Å². The van der Waals surface area contributed by atoms with Gasteiger partial charge in [0.25, 0.3) is 0 Å². The number of aromatic nitrogens is 1. The smallest absolute Gasteiger partial charge is 0.226 e. The Hall–Kier alpha value is -0.980. The summed E-state index contributed by atoms with van der Waals surface area (Å²) in [5.74, 6) is 1.16. The van der Waals surface area contributed by atoms with E-state index in [1.807, 2.05) is 0 Å². The summed E-state index contributed by atoms with van der Waals surface area (Å²) >= 11 is 1.65. The maximum Gasteiger partial charge on any atom is 0.226 e. The topological polar surface area (TPSA) is 57.3 Å². The fourth-order valence-electron chi connectivity index (χ4n) is 3.57. The molecule has 6 heteroatoms. The molecule has 0 saturated carbocycles. The van der Waals surface area contributed by atoms with E-state index in [9.17, 15) is 4.79 Å². The number of nitrogens with zero attached hydrogens (tertiary/aromatic N) is 2. The van der Waals surface area contributed by atoms with E-state index in [-0.39, 0.29) is 5.91 Å². The molecule has 3 heterocycles. The van der Waals surface area contributed by atoms with Crippen LogP contribution in [-0.4, -0.2) is 42.0 Å². The number of fused-ring (bicyclic) bond motifs is 1. The summed E-state index contributed by atoms with van der Waals surface area (Å²) in [6.07, 6.45) is 4.06. The third-order valence-electron chi connectivity index (χ3n) is 5.15. The number of carbonyl (C=O) groups excluding carboxylic acids is 1. The first kappa shape index (κ1) is 16.9. The molecule has 1 aromatic rings. The molecule has 3 rings (SSSR count). The molecular formula is C17H28N4OS. The van der Waals surface area contributed by atoms with Crippen LogP contribution in [0.2, 0.25) is 0 Å². The van der Waals surface area contributed by atoms with Gasteiger partial charge in [-0.2, -0.15) is 0 Å². The molecular weight excluding hydrogens is 308 g/mol. The Morgan fingerprint density at radius 2 is 2.43 bits per heavy atom. The van der Waals surface area contributed by atoms with E-state index in [0.29, 0.717) is 18.3 Å². The number of rotatable bonds is 5. The van der Waals surface area contributed by atoms with Crippen molar-refractivity contribution in [3.05, 3.63) is 10.6 Å². The van der Waals surface area contributed by atoms with Gasteiger partial charge in [0.2, 0.25) is 5.91 Å². The van der Waals surface area contributed by atoms with E-state index in [0.717, 1.165) is 44.3 Å². The van der Waals surface area contributed by atoms with Gasteiger partial charge in [-0.05, 0) is 44.3 Å². The quantitative estimate of drug-likeness (QED) is 0.867. The zero-order valence-corrected chi connectivity index (χ0v) is 15.0. The molecule has 1 fully saturated rings. The molecule has 0 radical (unpaired) electrons. The predicted octanol–water partition coefficient (Wildman–Crippen LogP) is 2.49. The van der Waals surface area contributed by atoms with Crippen LogP contribution in [0.5, 0.6) is 0 Å². The third kappa shape index (κ3) is 4.31. The van der Waals surface area contributed by atoms with Crippen molar-refractivity contribution in [2.75, 3.05) is 31.5 Å². The Balaban J connectivity index is 1.53. The molecule has 5 nitrogen and oxygen atoms in total. The average Bonchev–Trinajstić information content (AvgIpc) is 2.96. The molecule has 0 aromatic carbocycles. The van der Waals surface area contributed by atoms with Crippen LogP contribution in [0.1, 0.15) is 43.7 Å². The number of nitrogens with one attached hydrogen (secondary N) is 2. The van der Waals surface area contributed by atoms with Gasteiger partial charge in [0, 0.05) is 30.8 Å². The van der Waals surface area contributed by atoms with Crippen molar-refractivity contribution in [1.82, 2.24) is 15.2 Å². The lowest BCUT2D eigenvalue weighted by molar-refractivity contribution is -0.117. The minimum Gasteiger partial charge on any atom is -0.316 e. The first-order valence-corrected chi connectivity index (χ1v) is 9.69. The fourth-order valence-corrected chi connectivity index (χ4v) is 4.63. The zero-order valence-electron chi connectivity index (χ0n) is 14.2. The first-order valence-electron chi connectivity index (χ1n) is 8.87. The van der Waals surface area contributed by atoms with E-state index in [2.05, 4.69) is 34.4 Å². The summed E-state index contributed by atoms with van der Waals surface area (Å²) in [6.45, 7) is 9.68. The Labute approximate surface area is 142 Å². The summed E-state index contributed by atoms with van der Waals surface area (Å²) in [5.41, 5.74) is 1.18. The summed E-state index contributed by atoms with van der Waals surface area (Å²) in [4.78, 5) is 20.7. The van der Waals surface area contributed by atoms with Crippen LogP contribution in [-0.2, 0) is 17.8 Å². The minimum atomic E-state index is 0.113. The number of carbonyl (C=O) groups is 1. The summed E-state index contributed by atoms with van der Waals surface area (Å²) in [7, 11) is 0. The Morgan fingerprint density at radius 1 is 1.57 bits per heavy atom. The van der Waals surface area contributed by atoms with E-state index in [1.165, 1.54) is 23.4 Å². The molecule has 1 amide bonds. The highest BCUT2D eigenvalue weighted by molar-refractivity contribution is 7.15. The molecule has 0 spiro atoms. The lowest BCUT2D eigenvalue weighted by Gasteiger charge is -2.27. The lowest BCUT2D eigenvalue weighted by atomic mass is 9.85. The SMILES string of the molecule is CCN1CCc2nc(NC(=O)CC(C)C3CCCNC3)sc2C1. The second-order valence-electron chi connectivity index (χ2n) is 6.84. The van der Waals surface area contributed by atoms with Crippen LogP contribution in [0.15, 0.2) is 0 Å². The van der Waals surface area contributed by atoms with Gasteiger partial charge in [-0.1, -0.05) is 13.8 Å². The van der Waals surface area contributed by atoms with Gasteiger partial charge in [0.1, 0.15) is 0 Å². The largest absolute Gasteiger partial charge is 0.316 e. The zero-order chi connectivity index (χ0) is 16.2. The van der Waals surface area contributed by atoms with Crippen molar-refractivity contribution in [1.29, 1.82) is 0 Å². The molecule has 23 heavy (non-hydrogen) atoms. The van der Waals surface area contributed by atoms with E-state index in [1.54, 1.807) is 11.3 Å². The summed E-state index contributed by atoms with van der Waals surface area (Å²) in [6, 6.07) is 0. The van der Waals surface area contributed by atoms with Crippen molar-refractivity contribution >= 4 is 22.4 Å². The molecule has 2 aliphatic heterocycles. The number of likely N-dealkylation sites (N-methyl/N-ethyl adjacent to an activating group) is 1. The monoisotopic (exact) mass is 336 g/mol. The number of amides is 1. The van der Waals surface area contributed by atoms with Gasteiger partial charge in [0.05, 0.1) is 5.69 Å². The second kappa shape index (κ2) is 7.73. The van der Waals surface area contributed by atoms with Crippen LogP contribution >= 0.6 is 11.3 Å². The van der Waals surface area contributed by atoms with Crippen molar-refractivity contribution < 1.29 is 4.79 Å². The highest BCUT2D eigenvalue weighted by atomic mass is 32.1. The maximum absolute atomic E-state index is 12.3. The normalized spacial score (nSPS) is 23.3. The van der Waals surface area contributed by atoms with Crippen molar-refractivity contribution in [3.8, 4) is 0 Å². The fraction of sp³-hybridized carbons (Fsp3) is 0.765. The second-order valence-corrected chi connectivity index (χ2v) is 7.93. The van der Waals surface area contributed by atoms with Gasteiger partial charge in [-0.25, -0.2) is 4.98 Å². The van der Waals surface area contributed by atoms with Crippen LogP contribution in [0.25, 0.3) is 0 Å². The molecule has 2 unspecified atom stereocenters. The number of hydrogen-bond donors (Lipinski definition) is 2. The minimum absolute atomic E-state index is 0.113. The molecule has 1 saturated heterocycles. The number of hydrogen-bond acceptors (Lipinski definition) is 5. The maximum atomic E-state index is 12.3.